The van der Waals surface area contributed by atoms with Crippen LogP contribution >= 0.6 is 0 Å². The van der Waals surface area contributed by atoms with Crippen LogP contribution in [-0.2, 0) is 14.4 Å². The van der Waals surface area contributed by atoms with Crippen LogP contribution in [0.5, 0.6) is 0 Å². The highest BCUT2D eigenvalue weighted by Crippen LogP contribution is 2.17. The summed E-state index contributed by atoms with van der Waals surface area (Å²) in [6.07, 6.45) is 0.637. The second-order valence-electron chi connectivity index (χ2n) is 7.62. The third-order valence-corrected chi connectivity index (χ3v) is 4.79. The van der Waals surface area contributed by atoms with Crippen molar-refractivity contribution in [1.82, 2.24) is 9.97 Å². The average molecular weight is 461 g/mol. The molecule has 11 heteroatoms. The molecule has 3 aromatic rings. The molecule has 0 spiro atoms. The summed E-state index contributed by atoms with van der Waals surface area (Å²) in [5.41, 5.74) is 4.36. The molecule has 0 saturated carbocycles. The topological polar surface area (TPSA) is 172 Å². The third-order valence-electron chi connectivity index (χ3n) is 4.79. The number of H-pyrrole nitrogens is 2. The number of carbonyl (C=O) groups excluding carboxylic acids is 3. The van der Waals surface area contributed by atoms with E-state index >= 15 is 0 Å². The molecule has 1 atom stereocenters. The molecule has 11 nitrogen and oxygen atoms in total. The fourth-order valence-corrected chi connectivity index (χ4v) is 3.01. The van der Waals surface area contributed by atoms with Crippen molar-refractivity contribution < 1.29 is 14.4 Å². The maximum absolute atomic E-state index is 12.7. The molecular formula is C23H23N7O4. The number of nitrogens with one attached hydrogen (secondary N) is 5. The van der Waals surface area contributed by atoms with E-state index in [9.17, 15) is 19.2 Å². The number of carbonyl (C=O) groups is 3. The lowest BCUT2D eigenvalue weighted by Gasteiger charge is -2.10. The lowest BCUT2D eigenvalue weighted by atomic mass is 10.1. The van der Waals surface area contributed by atoms with E-state index in [1.165, 1.54) is 6.92 Å². The molecule has 5 N–H and O–H groups in total. The lowest BCUT2D eigenvalue weighted by molar-refractivity contribution is -0.116. The summed E-state index contributed by atoms with van der Waals surface area (Å²) in [6.45, 7) is 2.96. The zero-order chi connectivity index (χ0) is 24.7. The second kappa shape index (κ2) is 10.7. The Hall–Kier alpha value is -4.72. The summed E-state index contributed by atoms with van der Waals surface area (Å²) in [7, 11) is 0. The van der Waals surface area contributed by atoms with Crippen molar-refractivity contribution in [1.29, 1.82) is 5.26 Å². The fourth-order valence-electron chi connectivity index (χ4n) is 3.01. The van der Waals surface area contributed by atoms with Gasteiger partial charge in [0.05, 0.1) is 22.8 Å². The van der Waals surface area contributed by atoms with Gasteiger partial charge < -0.3 is 20.6 Å². The minimum atomic E-state index is -0.734. The highest BCUT2D eigenvalue weighted by atomic mass is 16.2. The molecule has 0 saturated heterocycles. The smallest absolute Gasteiger partial charge is 0.323 e. The Kier molecular flexibility index (Phi) is 7.56. The molecule has 0 bridgehead atoms. The molecule has 0 aliphatic heterocycles. The number of ketones is 1. The molecule has 174 valence electrons. The van der Waals surface area contributed by atoms with Crippen LogP contribution in [0.3, 0.4) is 0 Å². The SMILES string of the molecule is CC(=O)/C(=N/Nc1ccc2[nH]c(=O)[nH]c2c1)C(=O)Nc1cccc(NC(=O)CCC(C)C#N)c1. The highest BCUT2D eigenvalue weighted by Gasteiger charge is 2.17. The van der Waals surface area contributed by atoms with Crippen LogP contribution < -0.4 is 21.7 Å². The molecule has 0 radical (unpaired) electrons. The first-order valence-corrected chi connectivity index (χ1v) is 10.4. The Morgan fingerprint density at radius 3 is 2.44 bits per heavy atom. The maximum atomic E-state index is 12.7. The van der Waals surface area contributed by atoms with Crippen LogP contribution in [0, 0.1) is 17.2 Å². The molecule has 0 fully saturated rings. The van der Waals surface area contributed by atoms with Gasteiger partial charge in [0, 0.05) is 30.6 Å². The number of anilines is 3. The monoisotopic (exact) mass is 461 g/mol. The van der Waals surface area contributed by atoms with Gasteiger partial charge >= 0.3 is 5.69 Å². The molecule has 2 aromatic carbocycles. The maximum Gasteiger partial charge on any atom is 0.323 e. The predicted molar refractivity (Wildman–Crippen MR) is 128 cm³/mol. The first kappa shape index (κ1) is 23.9. The number of aromatic amines is 2. The third kappa shape index (κ3) is 6.39. The molecule has 1 unspecified atom stereocenters. The van der Waals surface area contributed by atoms with Gasteiger partial charge in [-0.2, -0.15) is 10.4 Å². The number of hydrazone groups is 1. The van der Waals surface area contributed by atoms with Gasteiger partial charge in [-0.1, -0.05) is 6.07 Å². The summed E-state index contributed by atoms with van der Waals surface area (Å²) < 4.78 is 0. The van der Waals surface area contributed by atoms with Crippen LogP contribution in [-0.4, -0.2) is 33.3 Å². The van der Waals surface area contributed by atoms with Gasteiger partial charge in [0.1, 0.15) is 0 Å². The Morgan fingerprint density at radius 1 is 1.03 bits per heavy atom. The molecule has 2 amide bonds. The number of rotatable bonds is 9. The summed E-state index contributed by atoms with van der Waals surface area (Å²) in [5.74, 6) is -1.76. The molecule has 34 heavy (non-hydrogen) atoms. The molecule has 0 aliphatic carbocycles. The number of benzene rings is 2. The van der Waals surface area contributed by atoms with Crippen LogP contribution in [0.1, 0.15) is 26.7 Å². The van der Waals surface area contributed by atoms with Crippen molar-refractivity contribution in [2.24, 2.45) is 11.0 Å². The molecule has 1 heterocycles. The number of hydrogen-bond donors (Lipinski definition) is 5. The minimum Gasteiger partial charge on any atom is -0.326 e. The number of Topliss-reactive ketones (excluding diaryl/α,β-unsaturated/α-hetero) is 1. The fraction of sp³-hybridized carbons (Fsp3) is 0.217. The summed E-state index contributed by atoms with van der Waals surface area (Å²) in [5, 5.41) is 18.0. The van der Waals surface area contributed by atoms with E-state index in [1.54, 1.807) is 49.4 Å². The predicted octanol–water partition coefficient (Wildman–Crippen LogP) is 2.73. The van der Waals surface area contributed by atoms with E-state index in [1.807, 2.05) is 0 Å². The summed E-state index contributed by atoms with van der Waals surface area (Å²) in [6, 6.07) is 13.4. The number of nitrogens with zero attached hydrogens (tertiary/aromatic N) is 2. The number of imidazole rings is 1. The van der Waals surface area contributed by atoms with E-state index < -0.39 is 11.7 Å². The van der Waals surface area contributed by atoms with Crippen LogP contribution in [0.15, 0.2) is 52.4 Å². The Morgan fingerprint density at radius 2 is 1.74 bits per heavy atom. The van der Waals surface area contributed by atoms with E-state index in [0.717, 1.165) is 0 Å². The van der Waals surface area contributed by atoms with Crippen LogP contribution in [0.4, 0.5) is 17.1 Å². The number of fused-ring (bicyclic) bond motifs is 1. The Labute approximate surface area is 194 Å². The van der Waals surface area contributed by atoms with Crippen molar-refractivity contribution in [3.05, 3.63) is 52.9 Å². The largest absolute Gasteiger partial charge is 0.326 e. The normalized spacial score (nSPS) is 12.0. The zero-order valence-corrected chi connectivity index (χ0v) is 18.6. The standard InChI is InChI=1S/C23H23N7O4/c1-13(12-24)6-9-20(32)25-15-4-3-5-16(10-15)26-22(33)21(14(2)31)30-29-17-7-8-18-19(11-17)28-23(34)27-18/h3-5,7-8,10-11,13,29H,6,9H2,1-2H3,(H,25,32)(H,26,33)(H2,27,28,34)/b30-21-. The molecule has 1 aromatic heterocycles. The molecule has 0 aliphatic rings. The van der Waals surface area contributed by atoms with Gasteiger partial charge in [-0.15, -0.1) is 0 Å². The van der Waals surface area contributed by atoms with Crippen molar-refractivity contribution in [2.75, 3.05) is 16.1 Å². The number of aromatic nitrogens is 2. The number of amides is 2. The second-order valence-corrected chi connectivity index (χ2v) is 7.62. The van der Waals surface area contributed by atoms with E-state index in [2.05, 4.69) is 37.2 Å². The summed E-state index contributed by atoms with van der Waals surface area (Å²) in [4.78, 5) is 53.3. The van der Waals surface area contributed by atoms with Gasteiger partial charge in [0.15, 0.2) is 11.5 Å². The Balaban J connectivity index is 1.67. The van der Waals surface area contributed by atoms with E-state index in [4.69, 9.17) is 5.26 Å². The lowest BCUT2D eigenvalue weighted by Crippen LogP contribution is -2.29. The van der Waals surface area contributed by atoms with Gasteiger partial charge in [-0.05, 0) is 49.7 Å². The quantitative estimate of drug-likeness (QED) is 0.186. The van der Waals surface area contributed by atoms with E-state index in [0.29, 0.717) is 34.5 Å². The van der Waals surface area contributed by atoms with Crippen molar-refractivity contribution in [2.45, 2.75) is 26.7 Å². The number of hydrogen-bond acceptors (Lipinski definition) is 7. The molecular weight excluding hydrogens is 438 g/mol. The number of nitriles is 1. The van der Waals surface area contributed by atoms with Crippen LogP contribution in [0.2, 0.25) is 0 Å². The van der Waals surface area contributed by atoms with Crippen molar-refractivity contribution in [3.63, 3.8) is 0 Å². The summed E-state index contributed by atoms with van der Waals surface area (Å²) >= 11 is 0. The minimum absolute atomic E-state index is 0.195. The van der Waals surface area contributed by atoms with Gasteiger partial charge in [0.25, 0.3) is 5.91 Å². The Bertz CT molecular complexity index is 1360. The molecule has 3 rings (SSSR count). The van der Waals surface area contributed by atoms with Crippen LogP contribution in [0.25, 0.3) is 11.0 Å². The average Bonchev–Trinajstić information content (AvgIpc) is 3.16. The zero-order valence-electron chi connectivity index (χ0n) is 18.6. The van der Waals surface area contributed by atoms with Gasteiger partial charge in [-0.3, -0.25) is 19.8 Å². The van der Waals surface area contributed by atoms with Crippen molar-refractivity contribution in [3.8, 4) is 6.07 Å². The van der Waals surface area contributed by atoms with E-state index in [-0.39, 0.29) is 29.6 Å². The van der Waals surface area contributed by atoms with Gasteiger partial charge in [0.2, 0.25) is 5.91 Å². The first-order valence-electron chi connectivity index (χ1n) is 10.4. The first-order chi connectivity index (χ1) is 16.2. The van der Waals surface area contributed by atoms with Crippen molar-refractivity contribution >= 4 is 51.4 Å². The highest BCUT2D eigenvalue weighted by molar-refractivity contribution is 6.67. The van der Waals surface area contributed by atoms with Gasteiger partial charge in [-0.25, -0.2) is 4.79 Å².